The van der Waals surface area contributed by atoms with Crippen LogP contribution < -0.4 is 4.74 Å². The largest absolute Gasteiger partial charge is 0.420 e. The number of hydrogen-bond donors (Lipinski definition) is 0. The Kier molecular flexibility index (Phi) is 6.52. The lowest BCUT2D eigenvalue weighted by atomic mass is 10.2. The van der Waals surface area contributed by atoms with E-state index in [1.54, 1.807) is 18.3 Å². The number of nitrogens with zero attached hydrogens (tertiary/aromatic N) is 2. The minimum atomic E-state index is -3.78. The zero-order valence-electron chi connectivity index (χ0n) is 14.4. The average molecular weight is 474 g/mol. The summed E-state index contributed by atoms with van der Waals surface area (Å²) < 4.78 is 33.2. The number of benzene rings is 1. The van der Waals surface area contributed by atoms with Gasteiger partial charge >= 0.3 is 5.97 Å². The molecule has 0 spiro atoms. The Hall–Kier alpha value is -1.48. The first kappa shape index (κ1) is 20.3. The van der Waals surface area contributed by atoms with Gasteiger partial charge in [-0.25, -0.2) is 18.2 Å². The molecule has 1 aliphatic heterocycles. The molecule has 0 bridgehead atoms. The van der Waals surface area contributed by atoms with Crippen LogP contribution in [-0.2, 0) is 10.0 Å². The van der Waals surface area contributed by atoms with Crippen molar-refractivity contribution in [2.45, 2.75) is 30.6 Å². The SMILES string of the molecule is O=C(Oc1cccnc1Br)c1ccc(Cl)c(S(=O)(=O)N2CCCCCC2)c1. The van der Waals surface area contributed by atoms with Crippen LogP contribution in [0.1, 0.15) is 36.0 Å². The van der Waals surface area contributed by atoms with E-state index in [0.29, 0.717) is 17.7 Å². The van der Waals surface area contributed by atoms with Crippen LogP contribution in [0.3, 0.4) is 0 Å². The van der Waals surface area contributed by atoms with Crippen LogP contribution in [0.25, 0.3) is 0 Å². The maximum Gasteiger partial charge on any atom is 0.343 e. The summed E-state index contributed by atoms with van der Waals surface area (Å²) in [6.45, 7) is 0.909. The Balaban J connectivity index is 1.89. The smallest absolute Gasteiger partial charge is 0.343 e. The minimum Gasteiger partial charge on any atom is -0.420 e. The van der Waals surface area contributed by atoms with Crippen molar-refractivity contribution in [2.24, 2.45) is 0 Å². The molecule has 0 saturated carbocycles. The number of esters is 1. The van der Waals surface area contributed by atoms with Crippen LogP contribution >= 0.6 is 27.5 Å². The molecular weight excluding hydrogens is 456 g/mol. The van der Waals surface area contributed by atoms with E-state index in [2.05, 4.69) is 20.9 Å². The van der Waals surface area contributed by atoms with Crippen LogP contribution in [0.15, 0.2) is 46.0 Å². The fourth-order valence-electron chi connectivity index (χ4n) is 2.86. The Morgan fingerprint density at radius 1 is 1.15 bits per heavy atom. The summed E-state index contributed by atoms with van der Waals surface area (Å²) >= 11 is 9.36. The molecule has 1 aromatic carbocycles. The van der Waals surface area contributed by atoms with Crippen LogP contribution in [-0.4, -0.2) is 36.8 Å². The number of halogens is 2. The first-order valence-electron chi connectivity index (χ1n) is 8.52. The monoisotopic (exact) mass is 472 g/mol. The summed E-state index contributed by atoms with van der Waals surface area (Å²) in [5, 5.41) is 0.0818. The van der Waals surface area contributed by atoms with E-state index >= 15 is 0 Å². The van der Waals surface area contributed by atoms with E-state index in [9.17, 15) is 13.2 Å². The normalized spacial score (nSPS) is 15.9. The fourth-order valence-corrected chi connectivity index (χ4v) is 5.20. The number of sulfonamides is 1. The van der Waals surface area contributed by atoms with Gasteiger partial charge in [-0.3, -0.25) is 0 Å². The van der Waals surface area contributed by atoms with Crippen molar-refractivity contribution < 1.29 is 17.9 Å². The van der Waals surface area contributed by atoms with Crippen LogP contribution in [0.2, 0.25) is 5.02 Å². The molecular formula is C18H18BrClN2O4S. The predicted octanol–water partition coefficient (Wildman–Crippen LogP) is 4.28. The second kappa shape index (κ2) is 8.68. The van der Waals surface area contributed by atoms with Crippen LogP contribution in [0.5, 0.6) is 5.75 Å². The van der Waals surface area contributed by atoms with Crippen molar-refractivity contribution in [3.8, 4) is 5.75 Å². The Morgan fingerprint density at radius 2 is 1.85 bits per heavy atom. The maximum atomic E-state index is 13.0. The molecule has 6 nitrogen and oxygen atoms in total. The van der Waals surface area contributed by atoms with Gasteiger partial charge in [-0.1, -0.05) is 24.4 Å². The third-order valence-electron chi connectivity index (χ3n) is 4.28. The lowest BCUT2D eigenvalue weighted by Crippen LogP contribution is -2.32. The van der Waals surface area contributed by atoms with E-state index in [-0.39, 0.29) is 21.2 Å². The summed E-state index contributed by atoms with van der Waals surface area (Å²) in [6, 6.07) is 7.33. The molecule has 144 valence electrons. The maximum absolute atomic E-state index is 13.0. The number of pyridine rings is 1. The molecule has 1 saturated heterocycles. The van der Waals surface area contributed by atoms with Crippen LogP contribution in [0, 0.1) is 0 Å². The molecule has 0 atom stereocenters. The van der Waals surface area contributed by atoms with E-state index in [1.165, 1.54) is 22.5 Å². The quantitative estimate of drug-likeness (QED) is 0.489. The molecule has 9 heteroatoms. The zero-order chi connectivity index (χ0) is 19.4. The Morgan fingerprint density at radius 3 is 2.52 bits per heavy atom. The van der Waals surface area contributed by atoms with Gasteiger partial charge in [-0.05, 0) is 59.1 Å². The van der Waals surface area contributed by atoms with Crippen molar-refractivity contribution in [2.75, 3.05) is 13.1 Å². The molecule has 2 heterocycles. The van der Waals surface area contributed by atoms with Crippen molar-refractivity contribution in [3.05, 3.63) is 51.7 Å². The van der Waals surface area contributed by atoms with Crippen molar-refractivity contribution in [1.82, 2.24) is 9.29 Å². The fraction of sp³-hybridized carbons (Fsp3) is 0.333. The number of ether oxygens (including phenoxy) is 1. The van der Waals surface area contributed by atoms with Gasteiger partial charge in [0.15, 0.2) is 5.75 Å². The number of rotatable bonds is 4. The van der Waals surface area contributed by atoms with Crippen molar-refractivity contribution in [3.63, 3.8) is 0 Å². The zero-order valence-corrected chi connectivity index (χ0v) is 17.6. The van der Waals surface area contributed by atoms with Crippen molar-refractivity contribution >= 4 is 43.5 Å². The number of aromatic nitrogens is 1. The topological polar surface area (TPSA) is 76.6 Å². The van der Waals surface area contributed by atoms with Gasteiger partial charge in [0.2, 0.25) is 10.0 Å². The molecule has 0 amide bonds. The third-order valence-corrected chi connectivity index (χ3v) is 7.25. The molecule has 0 N–H and O–H groups in total. The lowest BCUT2D eigenvalue weighted by Gasteiger charge is -2.21. The second-order valence-electron chi connectivity index (χ2n) is 6.15. The summed E-state index contributed by atoms with van der Waals surface area (Å²) in [5.41, 5.74) is 0.101. The molecule has 1 aromatic heterocycles. The summed E-state index contributed by atoms with van der Waals surface area (Å²) in [6.07, 6.45) is 5.19. The molecule has 3 rings (SSSR count). The highest BCUT2D eigenvalue weighted by molar-refractivity contribution is 9.10. The molecule has 27 heavy (non-hydrogen) atoms. The first-order chi connectivity index (χ1) is 12.9. The summed E-state index contributed by atoms with van der Waals surface area (Å²) in [4.78, 5) is 16.4. The van der Waals surface area contributed by atoms with Crippen LogP contribution in [0.4, 0.5) is 0 Å². The highest BCUT2D eigenvalue weighted by Crippen LogP contribution is 2.29. The average Bonchev–Trinajstić information content (AvgIpc) is 2.94. The standard InChI is InChI=1S/C18H18BrClN2O4S/c19-17-15(6-5-9-21-17)26-18(23)13-7-8-14(20)16(12-13)27(24,25)22-10-3-1-2-4-11-22/h5-9,12H,1-4,10-11H2. The Labute approximate surface area is 171 Å². The van der Waals surface area contributed by atoms with Gasteiger partial charge in [-0.15, -0.1) is 0 Å². The van der Waals surface area contributed by atoms with E-state index < -0.39 is 16.0 Å². The lowest BCUT2D eigenvalue weighted by molar-refractivity contribution is 0.0732. The van der Waals surface area contributed by atoms with E-state index in [0.717, 1.165) is 25.7 Å². The molecule has 1 fully saturated rings. The molecule has 0 radical (unpaired) electrons. The molecule has 1 aliphatic rings. The number of hydrogen-bond acceptors (Lipinski definition) is 5. The highest BCUT2D eigenvalue weighted by Gasteiger charge is 2.28. The van der Waals surface area contributed by atoms with Gasteiger partial charge in [-0.2, -0.15) is 4.31 Å². The van der Waals surface area contributed by atoms with Crippen molar-refractivity contribution in [1.29, 1.82) is 0 Å². The minimum absolute atomic E-state index is 0.0780. The van der Waals surface area contributed by atoms with E-state index in [4.69, 9.17) is 16.3 Å². The number of carbonyl (C=O) groups excluding carboxylic acids is 1. The van der Waals surface area contributed by atoms with Gasteiger partial charge < -0.3 is 4.74 Å². The van der Waals surface area contributed by atoms with Gasteiger partial charge in [0.1, 0.15) is 9.50 Å². The first-order valence-corrected chi connectivity index (χ1v) is 11.1. The summed E-state index contributed by atoms with van der Waals surface area (Å²) in [7, 11) is -3.78. The molecule has 2 aromatic rings. The van der Waals surface area contributed by atoms with Gasteiger partial charge in [0.25, 0.3) is 0 Å². The van der Waals surface area contributed by atoms with E-state index in [1.807, 2.05) is 0 Å². The van der Waals surface area contributed by atoms with Gasteiger partial charge in [0.05, 0.1) is 10.6 Å². The summed E-state index contributed by atoms with van der Waals surface area (Å²) in [5.74, 6) is -0.443. The molecule has 0 aliphatic carbocycles. The predicted molar refractivity (Wildman–Crippen MR) is 106 cm³/mol. The number of carbonyl (C=O) groups is 1. The molecule has 0 unspecified atom stereocenters. The van der Waals surface area contributed by atoms with Gasteiger partial charge in [0, 0.05) is 19.3 Å². The second-order valence-corrected chi connectivity index (χ2v) is 9.21. The Bertz CT molecular complexity index is 944. The highest BCUT2D eigenvalue weighted by atomic mass is 79.9. The third kappa shape index (κ3) is 4.68.